The third kappa shape index (κ3) is 3.53. The van der Waals surface area contributed by atoms with E-state index in [1.165, 1.54) is 18.2 Å². The van der Waals surface area contributed by atoms with Gasteiger partial charge in [-0.2, -0.15) is 0 Å². The molecule has 0 radical (unpaired) electrons. The number of benzene rings is 2. The summed E-state index contributed by atoms with van der Waals surface area (Å²) in [7, 11) is 0. The van der Waals surface area contributed by atoms with Crippen LogP contribution in [-0.4, -0.2) is 21.9 Å². The average molecular weight is 371 g/mol. The minimum absolute atomic E-state index is 0.0729. The Hall–Kier alpha value is -2.92. The Bertz CT molecular complexity index is 1010. The van der Waals surface area contributed by atoms with E-state index in [1.54, 1.807) is 30.5 Å². The molecule has 2 aromatic carbocycles. The monoisotopic (exact) mass is 370 g/mol. The molecule has 0 aliphatic rings. The fourth-order valence-electron chi connectivity index (χ4n) is 2.77. The maximum Gasteiger partial charge on any atom is 0.335 e. The first-order valence-corrected chi connectivity index (χ1v) is 8.26. The summed E-state index contributed by atoms with van der Waals surface area (Å²) in [5, 5.41) is 9.00. The third-order valence-corrected chi connectivity index (χ3v) is 4.39. The van der Waals surface area contributed by atoms with Gasteiger partial charge in [0, 0.05) is 28.9 Å². The van der Waals surface area contributed by atoms with Crippen LogP contribution < -0.4 is 0 Å². The maximum absolute atomic E-state index is 13.4. The lowest BCUT2D eigenvalue weighted by molar-refractivity contribution is 0.0697. The zero-order chi connectivity index (χ0) is 18.8. The van der Waals surface area contributed by atoms with Crippen molar-refractivity contribution in [2.45, 2.75) is 13.8 Å². The van der Waals surface area contributed by atoms with Crippen LogP contribution in [0.25, 0.3) is 5.69 Å². The van der Waals surface area contributed by atoms with Crippen molar-refractivity contribution in [2.75, 3.05) is 0 Å². The normalized spacial score (nSPS) is 11.2. The number of aromatic carboxylic acids is 1. The van der Waals surface area contributed by atoms with Gasteiger partial charge in [-0.15, -0.1) is 0 Å². The number of aromatic nitrogens is 1. The summed E-state index contributed by atoms with van der Waals surface area (Å²) in [4.78, 5) is 15.3. The molecule has 0 bridgehead atoms. The highest BCUT2D eigenvalue weighted by Crippen LogP contribution is 2.24. The minimum Gasteiger partial charge on any atom is -0.478 e. The summed E-state index contributed by atoms with van der Waals surface area (Å²) >= 11 is 5.89. The predicted octanol–water partition coefficient (Wildman–Crippen LogP) is 5.34. The highest BCUT2D eigenvalue weighted by Gasteiger charge is 2.11. The molecule has 0 unspecified atom stereocenters. The maximum atomic E-state index is 13.4. The molecule has 132 valence electrons. The number of hydrogen-bond acceptors (Lipinski definition) is 2. The van der Waals surface area contributed by atoms with Gasteiger partial charge >= 0.3 is 5.97 Å². The summed E-state index contributed by atoms with van der Waals surface area (Å²) in [5.41, 5.74) is 4.46. The van der Waals surface area contributed by atoms with Crippen LogP contribution in [0, 0.1) is 19.7 Å². The van der Waals surface area contributed by atoms with Gasteiger partial charge in [-0.25, -0.2) is 9.18 Å². The van der Waals surface area contributed by atoms with Crippen LogP contribution in [0.3, 0.4) is 0 Å². The van der Waals surface area contributed by atoms with Gasteiger partial charge in [-0.05, 0) is 62.4 Å². The Balaban J connectivity index is 1.92. The van der Waals surface area contributed by atoms with E-state index in [-0.39, 0.29) is 10.6 Å². The molecule has 1 aromatic heterocycles. The van der Waals surface area contributed by atoms with Gasteiger partial charge in [-0.3, -0.25) is 4.99 Å². The van der Waals surface area contributed by atoms with Crippen LogP contribution >= 0.6 is 11.6 Å². The van der Waals surface area contributed by atoms with E-state index < -0.39 is 11.8 Å². The van der Waals surface area contributed by atoms with Gasteiger partial charge < -0.3 is 9.67 Å². The lowest BCUT2D eigenvalue weighted by atomic mass is 10.2. The second kappa shape index (κ2) is 7.14. The van der Waals surface area contributed by atoms with Crippen LogP contribution in [0.5, 0.6) is 0 Å². The Morgan fingerprint density at radius 2 is 1.85 bits per heavy atom. The fraction of sp³-hybridized carbons (Fsp3) is 0.100. The molecule has 0 spiro atoms. The van der Waals surface area contributed by atoms with Crippen molar-refractivity contribution >= 4 is 29.5 Å². The Morgan fingerprint density at radius 1 is 1.15 bits per heavy atom. The summed E-state index contributed by atoms with van der Waals surface area (Å²) in [5.74, 6) is -1.42. The zero-order valence-electron chi connectivity index (χ0n) is 14.2. The molecule has 0 aliphatic heterocycles. The highest BCUT2D eigenvalue weighted by atomic mass is 35.5. The lowest BCUT2D eigenvalue weighted by Crippen LogP contribution is -2.00. The smallest absolute Gasteiger partial charge is 0.335 e. The number of hydrogen-bond donors (Lipinski definition) is 1. The number of carboxylic acids is 1. The van der Waals surface area contributed by atoms with E-state index in [2.05, 4.69) is 4.99 Å². The van der Waals surface area contributed by atoms with Crippen LogP contribution in [0.4, 0.5) is 10.1 Å². The van der Waals surface area contributed by atoms with E-state index in [0.29, 0.717) is 5.69 Å². The van der Waals surface area contributed by atoms with E-state index in [9.17, 15) is 9.18 Å². The minimum atomic E-state index is -0.970. The van der Waals surface area contributed by atoms with E-state index in [0.717, 1.165) is 22.6 Å². The summed E-state index contributed by atoms with van der Waals surface area (Å²) < 4.78 is 15.4. The molecule has 0 atom stereocenters. The molecule has 4 nitrogen and oxygen atoms in total. The molecule has 3 rings (SSSR count). The summed E-state index contributed by atoms with van der Waals surface area (Å²) in [6, 6.07) is 12.9. The molecule has 3 aromatic rings. The molecule has 0 fully saturated rings. The fourth-order valence-corrected chi connectivity index (χ4v) is 2.95. The number of carbonyl (C=O) groups is 1. The zero-order valence-corrected chi connectivity index (χ0v) is 15.0. The van der Waals surface area contributed by atoms with Crippen molar-refractivity contribution in [3.63, 3.8) is 0 Å². The van der Waals surface area contributed by atoms with Crippen molar-refractivity contribution in [1.29, 1.82) is 0 Å². The molecule has 0 aliphatic carbocycles. The lowest BCUT2D eigenvalue weighted by Gasteiger charge is -2.10. The van der Waals surface area contributed by atoms with Crippen LogP contribution in [0.1, 0.15) is 27.3 Å². The number of aliphatic imine (C=N–C) groups is 1. The van der Waals surface area contributed by atoms with Gasteiger partial charge in [0.15, 0.2) is 0 Å². The number of halogens is 2. The van der Waals surface area contributed by atoms with Gasteiger partial charge in [0.1, 0.15) is 5.82 Å². The van der Waals surface area contributed by atoms with Crippen molar-refractivity contribution in [1.82, 2.24) is 4.57 Å². The molecule has 26 heavy (non-hydrogen) atoms. The SMILES string of the molecule is Cc1cc(C=Nc2ccc(C(=O)O)cc2)c(C)n1-c1ccc(F)c(Cl)c1. The molecule has 0 saturated carbocycles. The van der Waals surface area contributed by atoms with E-state index in [1.807, 2.05) is 24.5 Å². The molecule has 6 heteroatoms. The molecular weight excluding hydrogens is 355 g/mol. The van der Waals surface area contributed by atoms with Crippen molar-refractivity contribution in [2.24, 2.45) is 4.99 Å². The second-order valence-corrected chi connectivity index (χ2v) is 6.28. The van der Waals surface area contributed by atoms with E-state index in [4.69, 9.17) is 16.7 Å². The van der Waals surface area contributed by atoms with Crippen molar-refractivity contribution < 1.29 is 14.3 Å². The molecule has 1 N–H and O–H groups in total. The number of nitrogens with zero attached hydrogens (tertiary/aromatic N) is 2. The summed E-state index contributed by atoms with van der Waals surface area (Å²) in [6.07, 6.45) is 1.72. The largest absolute Gasteiger partial charge is 0.478 e. The number of aryl methyl sites for hydroxylation is 1. The van der Waals surface area contributed by atoms with Gasteiger partial charge in [0.2, 0.25) is 0 Å². The molecule has 0 amide bonds. The second-order valence-electron chi connectivity index (χ2n) is 5.87. The third-order valence-electron chi connectivity index (χ3n) is 4.10. The summed E-state index contributed by atoms with van der Waals surface area (Å²) in [6.45, 7) is 3.89. The molecule has 1 heterocycles. The highest BCUT2D eigenvalue weighted by molar-refractivity contribution is 6.30. The van der Waals surface area contributed by atoms with E-state index >= 15 is 0 Å². The average Bonchev–Trinajstić information content (AvgIpc) is 2.90. The quantitative estimate of drug-likeness (QED) is 0.630. The number of rotatable bonds is 4. The van der Waals surface area contributed by atoms with Gasteiger partial charge in [0.25, 0.3) is 0 Å². The molecular formula is C20H16ClFN2O2. The number of carboxylic acid groups (broad SMARTS) is 1. The van der Waals surface area contributed by atoms with Crippen molar-refractivity contribution in [3.05, 3.63) is 81.9 Å². The topological polar surface area (TPSA) is 54.6 Å². The molecule has 0 saturated heterocycles. The first kappa shape index (κ1) is 17.9. The van der Waals surface area contributed by atoms with Crippen LogP contribution in [-0.2, 0) is 0 Å². The first-order chi connectivity index (χ1) is 12.4. The Labute approximate surface area is 155 Å². The van der Waals surface area contributed by atoms with Crippen LogP contribution in [0.15, 0.2) is 53.5 Å². The standard InChI is InChI=1S/C20H16ClFN2O2/c1-12-9-15(11-23-16-5-3-14(4-6-16)20(25)26)13(2)24(12)17-7-8-19(22)18(21)10-17/h3-11H,1-2H3,(H,25,26). The Kier molecular flexibility index (Phi) is 4.91. The first-order valence-electron chi connectivity index (χ1n) is 7.88. The van der Waals surface area contributed by atoms with Gasteiger partial charge in [0.05, 0.1) is 16.3 Å². The Morgan fingerprint density at radius 3 is 2.46 bits per heavy atom. The predicted molar refractivity (Wildman–Crippen MR) is 101 cm³/mol. The van der Waals surface area contributed by atoms with Crippen molar-refractivity contribution in [3.8, 4) is 5.69 Å². The van der Waals surface area contributed by atoms with Gasteiger partial charge in [-0.1, -0.05) is 11.6 Å². The van der Waals surface area contributed by atoms with Crippen LogP contribution in [0.2, 0.25) is 5.02 Å².